The highest BCUT2D eigenvalue weighted by molar-refractivity contribution is 5.83. The number of aliphatic hydroxyl groups excluding tert-OH is 1. The van der Waals surface area contributed by atoms with Crippen molar-refractivity contribution < 1.29 is 38.4 Å². The summed E-state index contributed by atoms with van der Waals surface area (Å²) in [7, 11) is 4.94. The zero-order valence-corrected chi connectivity index (χ0v) is 32.5. The van der Waals surface area contributed by atoms with Crippen LogP contribution in [0.3, 0.4) is 0 Å². The Hall–Kier alpha value is -2.51. The van der Waals surface area contributed by atoms with Crippen molar-refractivity contribution in [3.63, 3.8) is 0 Å². The number of esters is 1. The van der Waals surface area contributed by atoms with Crippen LogP contribution in [-0.4, -0.2) is 129 Å². The Morgan fingerprint density at radius 3 is 2.36 bits per heavy atom. The Morgan fingerprint density at radius 1 is 1.06 bits per heavy atom. The molecule has 0 aromatic carbocycles. The van der Waals surface area contributed by atoms with Gasteiger partial charge >= 0.3 is 12.0 Å². The Morgan fingerprint density at radius 2 is 1.74 bits per heavy atom. The van der Waals surface area contributed by atoms with Crippen LogP contribution >= 0.6 is 0 Å². The van der Waals surface area contributed by atoms with E-state index in [1.54, 1.807) is 18.9 Å². The fourth-order valence-corrected chi connectivity index (χ4v) is 7.07. The molecule has 2 saturated heterocycles. The summed E-state index contributed by atoms with van der Waals surface area (Å²) in [5.41, 5.74) is 0.741. The van der Waals surface area contributed by atoms with Crippen molar-refractivity contribution in [3.8, 4) is 0 Å². The molecule has 2 aliphatic rings. The number of rotatable bonds is 19. The number of unbranched alkanes of at least 4 members (excludes halogenated alkanes) is 1. The predicted octanol–water partition coefficient (Wildman–Crippen LogP) is 4.45. The van der Waals surface area contributed by atoms with Gasteiger partial charge in [-0.2, -0.15) is 0 Å². The zero-order chi connectivity index (χ0) is 37.4. The van der Waals surface area contributed by atoms with E-state index in [1.807, 2.05) is 14.0 Å². The molecule has 0 aromatic rings. The van der Waals surface area contributed by atoms with Gasteiger partial charge in [0.25, 0.3) is 0 Å². The van der Waals surface area contributed by atoms with Crippen LogP contribution < -0.4 is 10.6 Å². The van der Waals surface area contributed by atoms with Crippen molar-refractivity contribution in [2.24, 2.45) is 11.8 Å². The molecular formula is C38H68N4O8. The second-order valence-corrected chi connectivity index (χ2v) is 15.1. The minimum atomic E-state index is -0.716. The van der Waals surface area contributed by atoms with Crippen LogP contribution in [0.2, 0.25) is 0 Å². The lowest BCUT2D eigenvalue weighted by Gasteiger charge is -2.35. The highest BCUT2D eigenvalue weighted by Crippen LogP contribution is 2.31. The second-order valence-electron chi connectivity index (χ2n) is 15.1. The van der Waals surface area contributed by atoms with E-state index in [2.05, 4.69) is 68.4 Å². The molecule has 0 aliphatic carbocycles. The summed E-state index contributed by atoms with van der Waals surface area (Å²) in [6.07, 6.45) is 9.65. The molecule has 288 valence electrons. The minimum absolute atomic E-state index is 0.0454. The van der Waals surface area contributed by atoms with Gasteiger partial charge < -0.3 is 44.5 Å². The van der Waals surface area contributed by atoms with Gasteiger partial charge in [-0.3, -0.25) is 4.79 Å². The van der Waals surface area contributed by atoms with E-state index in [1.165, 1.54) is 7.11 Å². The number of carbonyl (C=O) groups excluding carboxylic acids is 3. The van der Waals surface area contributed by atoms with E-state index in [0.717, 1.165) is 37.9 Å². The molecule has 0 spiro atoms. The van der Waals surface area contributed by atoms with Gasteiger partial charge in [0, 0.05) is 39.8 Å². The number of aliphatic hydroxyl groups is 1. The molecular weight excluding hydrogens is 640 g/mol. The van der Waals surface area contributed by atoms with Crippen LogP contribution in [0.25, 0.3) is 0 Å². The molecule has 0 aromatic heterocycles. The third-order valence-electron chi connectivity index (χ3n) is 9.80. The first-order valence-electron chi connectivity index (χ1n) is 18.5. The molecule has 3 N–H and O–H groups in total. The third kappa shape index (κ3) is 15.4. The van der Waals surface area contributed by atoms with Crippen LogP contribution in [0.5, 0.6) is 0 Å². The molecule has 1 unspecified atom stereocenters. The fraction of sp³-hybridized carbons (Fsp3) is 0.816. The molecule has 0 saturated carbocycles. The smallest absolute Gasteiger partial charge is 0.328 e. The number of allylic oxidation sites excluding steroid dienone is 3. The normalized spacial score (nSPS) is 23.9. The average Bonchev–Trinajstić information content (AvgIpc) is 3.04. The number of urea groups is 1. The van der Waals surface area contributed by atoms with E-state index < -0.39 is 23.7 Å². The second kappa shape index (κ2) is 21.8. The monoisotopic (exact) mass is 709 g/mol. The Labute approximate surface area is 301 Å². The average molecular weight is 709 g/mol. The van der Waals surface area contributed by atoms with Crippen LogP contribution in [-0.2, 0) is 28.5 Å². The van der Waals surface area contributed by atoms with Crippen molar-refractivity contribution >= 4 is 17.9 Å². The number of hydrogen-bond acceptors (Lipinski definition) is 9. The number of carbonyl (C=O) groups is 3. The third-order valence-corrected chi connectivity index (χ3v) is 9.80. The van der Waals surface area contributed by atoms with E-state index in [0.29, 0.717) is 51.2 Å². The van der Waals surface area contributed by atoms with Gasteiger partial charge in [0.05, 0.1) is 43.5 Å². The molecule has 2 fully saturated rings. The molecule has 12 heteroatoms. The molecule has 8 atom stereocenters. The maximum absolute atomic E-state index is 12.8. The maximum atomic E-state index is 12.8. The Bertz CT molecular complexity index is 1100. The molecule has 50 heavy (non-hydrogen) atoms. The first kappa shape index (κ1) is 43.7. The Kier molecular flexibility index (Phi) is 19.0. The highest BCUT2D eigenvalue weighted by Gasteiger charge is 2.32. The van der Waals surface area contributed by atoms with Crippen molar-refractivity contribution in [1.29, 1.82) is 0 Å². The van der Waals surface area contributed by atoms with Gasteiger partial charge in [0.2, 0.25) is 5.91 Å². The molecule has 12 nitrogen and oxygen atoms in total. The van der Waals surface area contributed by atoms with Gasteiger partial charge in [0.15, 0.2) is 0 Å². The number of hydrogen-bond donors (Lipinski definition) is 3. The quantitative estimate of drug-likeness (QED) is 0.101. The molecule has 2 rings (SSSR count). The lowest BCUT2D eigenvalue weighted by Crippen LogP contribution is -2.54. The summed E-state index contributed by atoms with van der Waals surface area (Å²) in [5.74, 6) is 0.115. The largest absolute Gasteiger partial charge is 0.467 e. The molecule has 2 heterocycles. The minimum Gasteiger partial charge on any atom is -0.467 e. The first-order valence-corrected chi connectivity index (χ1v) is 18.5. The van der Waals surface area contributed by atoms with E-state index in [-0.39, 0.29) is 42.3 Å². The maximum Gasteiger partial charge on any atom is 0.328 e. The van der Waals surface area contributed by atoms with Gasteiger partial charge in [0.1, 0.15) is 12.1 Å². The summed E-state index contributed by atoms with van der Waals surface area (Å²) in [5, 5.41) is 15.8. The van der Waals surface area contributed by atoms with Crippen molar-refractivity contribution in [3.05, 3.63) is 23.8 Å². The SMILES string of the molecule is COC(=O)[C@@H](CCCCNC(=O)C[C@H]1CC[C@H](C)[C@@H](/C(C)=C/C=C/[C@@H](C)CC(C)(C)OC(C)[C@@H](OC)[C@@H](C)O)O1)NC(=O)N1CCN(C)CC1. The first-order chi connectivity index (χ1) is 23.6. The standard InChI is InChI=1S/C38H68N4O8/c1-26(25-38(6,7)50-30(5)35(47-9)29(4)43)14-13-15-27(2)34-28(3)17-18-31(49-34)24-33(44)39-19-12-11-16-32(36(45)48-10)40-37(46)42-22-20-41(8)21-23-42/h13-15,26,28-32,34-35,43H,11-12,16-25H2,1-10H3,(H,39,44)(H,40,46)/b14-13+,27-15+/t26-,28+,29-,30?,31-,32-,34-,35+/m1/s1. The molecule has 0 bridgehead atoms. The van der Waals surface area contributed by atoms with E-state index in [9.17, 15) is 19.5 Å². The van der Waals surface area contributed by atoms with Gasteiger partial charge in [-0.05, 0) is 97.6 Å². The number of likely N-dealkylation sites (N-methyl/N-ethyl adjacent to an activating group) is 1. The predicted molar refractivity (Wildman–Crippen MR) is 196 cm³/mol. The van der Waals surface area contributed by atoms with E-state index in [4.69, 9.17) is 18.9 Å². The van der Waals surface area contributed by atoms with Gasteiger partial charge in [-0.1, -0.05) is 32.1 Å². The van der Waals surface area contributed by atoms with Crippen LogP contribution in [0.15, 0.2) is 23.8 Å². The number of ether oxygens (including phenoxy) is 4. The lowest BCUT2D eigenvalue weighted by molar-refractivity contribution is -0.149. The van der Waals surface area contributed by atoms with Crippen LogP contribution in [0.4, 0.5) is 4.79 Å². The number of methoxy groups -OCH3 is 2. The van der Waals surface area contributed by atoms with Crippen molar-refractivity contribution in [2.45, 2.75) is 136 Å². The van der Waals surface area contributed by atoms with Crippen LogP contribution in [0, 0.1) is 11.8 Å². The van der Waals surface area contributed by atoms with Crippen molar-refractivity contribution in [2.75, 3.05) is 54.0 Å². The zero-order valence-electron chi connectivity index (χ0n) is 32.5. The Balaban J connectivity index is 1.77. The summed E-state index contributed by atoms with van der Waals surface area (Å²) >= 11 is 0. The molecule has 3 amide bonds. The fourth-order valence-electron chi connectivity index (χ4n) is 7.07. The summed E-state index contributed by atoms with van der Waals surface area (Å²) in [4.78, 5) is 41.7. The molecule has 0 radical (unpaired) electrons. The number of nitrogens with one attached hydrogen (secondary N) is 2. The van der Waals surface area contributed by atoms with Gasteiger partial charge in [-0.25, -0.2) is 9.59 Å². The topological polar surface area (TPSA) is 139 Å². The van der Waals surface area contributed by atoms with E-state index >= 15 is 0 Å². The summed E-state index contributed by atoms with van der Waals surface area (Å²) in [6.45, 7) is 17.6. The van der Waals surface area contributed by atoms with Gasteiger partial charge in [-0.15, -0.1) is 0 Å². The highest BCUT2D eigenvalue weighted by atomic mass is 16.6. The summed E-state index contributed by atoms with van der Waals surface area (Å²) < 4.78 is 23.1. The number of piperazine rings is 1. The van der Waals surface area contributed by atoms with Crippen LogP contribution in [0.1, 0.15) is 93.4 Å². The molecule has 2 aliphatic heterocycles. The lowest BCUT2D eigenvalue weighted by atomic mass is 9.88. The number of amides is 3. The number of nitrogens with zero attached hydrogens (tertiary/aromatic N) is 2. The summed E-state index contributed by atoms with van der Waals surface area (Å²) in [6, 6.07) is -0.962. The van der Waals surface area contributed by atoms with Crippen molar-refractivity contribution in [1.82, 2.24) is 20.4 Å².